The maximum Gasteiger partial charge on any atom is 0.191 e. The molecule has 2 N–H and O–H groups in total. The number of guanidine groups is 1. The molecule has 2 aliphatic rings. The molecule has 0 bridgehead atoms. The van der Waals surface area contributed by atoms with Crippen molar-refractivity contribution in [1.82, 2.24) is 15.5 Å². The molecule has 2 heterocycles. The molecule has 2 aliphatic heterocycles. The van der Waals surface area contributed by atoms with Gasteiger partial charge in [0.15, 0.2) is 5.96 Å². The lowest BCUT2D eigenvalue weighted by Gasteiger charge is -2.33. The summed E-state index contributed by atoms with van der Waals surface area (Å²) in [6.07, 6.45) is 9.42. The second kappa shape index (κ2) is 10.4. The van der Waals surface area contributed by atoms with Crippen LogP contribution in [-0.2, 0) is 0 Å². The van der Waals surface area contributed by atoms with Gasteiger partial charge in [-0.3, -0.25) is 4.99 Å². The number of aliphatic imine (C=N–C) groups is 1. The van der Waals surface area contributed by atoms with E-state index in [1.54, 1.807) is 0 Å². The largest absolute Gasteiger partial charge is 0.356 e. The molecule has 0 amide bonds. The lowest BCUT2D eigenvalue weighted by Crippen LogP contribution is -2.41. The number of thioether (sulfide) groups is 1. The zero-order valence-corrected chi connectivity index (χ0v) is 15.3. The average molecular weight is 327 g/mol. The van der Waals surface area contributed by atoms with Crippen LogP contribution in [0.2, 0.25) is 0 Å². The van der Waals surface area contributed by atoms with Gasteiger partial charge in [0.25, 0.3) is 0 Å². The summed E-state index contributed by atoms with van der Waals surface area (Å²) in [7, 11) is 1.87. The van der Waals surface area contributed by atoms with Gasteiger partial charge >= 0.3 is 0 Å². The Balaban J connectivity index is 1.50. The van der Waals surface area contributed by atoms with E-state index in [0.29, 0.717) is 0 Å². The minimum absolute atomic E-state index is 0.777. The molecule has 22 heavy (non-hydrogen) atoms. The number of unbranched alkanes of at least 4 members (excludes halogenated alkanes) is 1. The Morgan fingerprint density at radius 2 is 2.09 bits per heavy atom. The number of hydrogen-bond acceptors (Lipinski definition) is 3. The van der Waals surface area contributed by atoms with Gasteiger partial charge in [0.2, 0.25) is 0 Å². The van der Waals surface area contributed by atoms with Crippen LogP contribution in [0.25, 0.3) is 0 Å². The standard InChI is InChI=1S/C17H34N4S/c1-15-8-3-5-11-21(15)12-6-4-10-19-17(18-2)20-14-16-9-7-13-22-16/h15-16H,3-14H2,1-2H3,(H2,18,19,20). The Morgan fingerprint density at radius 1 is 1.18 bits per heavy atom. The zero-order chi connectivity index (χ0) is 15.6. The number of piperidine rings is 1. The molecule has 0 aromatic heterocycles. The van der Waals surface area contributed by atoms with Crippen LogP contribution in [0, 0.1) is 0 Å². The highest BCUT2D eigenvalue weighted by atomic mass is 32.2. The average Bonchev–Trinajstić information content (AvgIpc) is 3.05. The van der Waals surface area contributed by atoms with Gasteiger partial charge in [-0.2, -0.15) is 11.8 Å². The topological polar surface area (TPSA) is 39.7 Å². The van der Waals surface area contributed by atoms with E-state index in [2.05, 4.69) is 39.2 Å². The van der Waals surface area contributed by atoms with Crippen molar-refractivity contribution in [1.29, 1.82) is 0 Å². The first-order valence-corrected chi connectivity index (χ1v) is 10.1. The molecule has 4 nitrogen and oxygen atoms in total. The number of nitrogens with one attached hydrogen (secondary N) is 2. The summed E-state index contributed by atoms with van der Waals surface area (Å²) in [5.41, 5.74) is 0. The van der Waals surface area contributed by atoms with Gasteiger partial charge in [0, 0.05) is 31.4 Å². The molecule has 0 aromatic rings. The number of rotatable bonds is 7. The molecular weight excluding hydrogens is 292 g/mol. The van der Waals surface area contributed by atoms with Crippen molar-refractivity contribution >= 4 is 17.7 Å². The molecule has 2 atom stereocenters. The lowest BCUT2D eigenvalue weighted by atomic mass is 10.0. The summed E-state index contributed by atoms with van der Waals surface area (Å²) in [6, 6.07) is 0.792. The SMILES string of the molecule is CN=C(NCCCCN1CCCCC1C)NCC1CCCS1. The summed E-state index contributed by atoms with van der Waals surface area (Å²) in [4.78, 5) is 6.98. The molecule has 0 aliphatic carbocycles. The Labute approximate surface area is 140 Å². The van der Waals surface area contributed by atoms with Crippen molar-refractivity contribution in [2.24, 2.45) is 4.99 Å². The highest BCUT2D eigenvalue weighted by Crippen LogP contribution is 2.25. The van der Waals surface area contributed by atoms with Crippen molar-refractivity contribution in [2.75, 3.05) is 39.0 Å². The monoisotopic (exact) mass is 326 g/mol. The first kappa shape index (κ1) is 17.9. The van der Waals surface area contributed by atoms with Gasteiger partial charge in [-0.1, -0.05) is 6.42 Å². The minimum atomic E-state index is 0.777. The first-order valence-electron chi connectivity index (χ1n) is 9.10. The van der Waals surface area contributed by atoms with Crippen LogP contribution in [0.5, 0.6) is 0 Å². The number of hydrogen-bond donors (Lipinski definition) is 2. The smallest absolute Gasteiger partial charge is 0.191 e. The van der Waals surface area contributed by atoms with Crippen LogP contribution in [0.1, 0.15) is 51.9 Å². The minimum Gasteiger partial charge on any atom is -0.356 e. The van der Waals surface area contributed by atoms with Gasteiger partial charge in [0.05, 0.1) is 0 Å². The normalized spacial score (nSPS) is 27.1. The second-order valence-electron chi connectivity index (χ2n) is 6.60. The summed E-state index contributed by atoms with van der Waals surface area (Å²) in [5.74, 6) is 2.30. The molecule has 0 aromatic carbocycles. The summed E-state index contributed by atoms with van der Waals surface area (Å²) >= 11 is 2.09. The number of likely N-dealkylation sites (tertiary alicyclic amines) is 1. The fraction of sp³-hybridized carbons (Fsp3) is 0.941. The molecule has 2 saturated heterocycles. The fourth-order valence-electron chi connectivity index (χ4n) is 3.37. The molecule has 0 spiro atoms. The van der Waals surface area contributed by atoms with Crippen LogP contribution in [0.4, 0.5) is 0 Å². The van der Waals surface area contributed by atoms with Crippen LogP contribution in [0.15, 0.2) is 4.99 Å². The van der Waals surface area contributed by atoms with Crippen molar-refractivity contribution in [3.8, 4) is 0 Å². The van der Waals surface area contributed by atoms with Gasteiger partial charge < -0.3 is 15.5 Å². The summed E-state index contributed by atoms with van der Waals surface area (Å²) in [6.45, 7) is 7.02. The Morgan fingerprint density at radius 3 is 2.82 bits per heavy atom. The quantitative estimate of drug-likeness (QED) is 0.429. The van der Waals surface area contributed by atoms with Crippen LogP contribution < -0.4 is 10.6 Å². The molecule has 0 radical (unpaired) electrons. The van der Waals surface area contributed by atoms with Crippen LogP contribution in [-0.4, -0.2) is 61.1 Å². The van der Waals surface area contributed by atoms with E-state index in [9.17, 15) is 0 Å². The maximum atomic E-state index is 4.32. The van der Waals surface area contributed by atoms with Crippen LogP contribution >= 0.6 is 11.8 Å². The Bertz CT molecular complexity index is 329. The predicted octanol–water partition coefficient (Wildman–Crippen LogP) is 2.70. The van der Waals surface area contributed by atoms with E-state index >= 15 is 0 Å². The molecule has 5 heteroatoms. The van der Waals surface area contributed by atoms with Crippen LogP contribution in [0.3, 0.4) is 0 Å². The third kappa shape index (κ3) is 6.37. The highest BCUT2D eigenvalue weighted by molar-refractivity contribution is 8.00. The van der Waals surface area contributed by atoms with E-state index < -0.39 is 0 Å². The molecule has 2 fully saturated rings. The summed E-state index contributed by atoms with van der Waals surface area (Å²) < 4.78 is 0. The molecule has 128 valence electrons. The lowest BCUT2D eigenvalue weighted by molar-refractivity contribution is 0.158. The Hall–Kier alpha value is -0.420. The van der Waals surface area contributed by atoms with Gasteiger partial charge in [-0.15, -0.1) is 0 Å². The maximum absolute atomic E-state index is 4.32. The van der Waals surface area contributed by atoms with E-state index in [0.717, 1.165) is 30.3 Å². The molecule has 2 unspecified atom stereocenters. The van der Waals surface area contributed by atoms with E-state index in [1.807, 2.05) is 7.05 Å². The van der Waals surface area contributed by atoms with E-state index in [1.165, 1.54) is 63.8 Å². The summed E-state index contributed by atoms with van der Waals surface area (Å²) in [5, 5.41) is 7.70. The van der Waals surface area contributed by atoms with Gasteiger partial charge in [-0.25, -0.2) is 0 Å². The van der Waals surface area contributed by atoms with Crippen molar-refractivity contribution in [3.63, 3.8) is 0 Å². The molecule has 2 rings (SSSR count). The fourth-order valence-corrected chi connectivity index (χ4v) is 4.57. The Kier molecular flexibility index (Phi) is 8.45. The van der Waals surface area contributed by atoms with Crippen molar-refractivity contribution < 1.29 is 0 Å². The molecular formula is C17H34N4S. The molecule has 0 saturated carbocycles. The third-order valence-electron chi connectivity index (χ3n) is 4.85. The van der Waals surface area contributed by atoms with Crippen molar-refractivity contribution in [3.05, 3.63) is 0 Å². The highest BCUT2D eigenvalue weighted by Gasteiger charge is 2.17. The predicted molar refractivity (Wildman–Crippen MR) is 99.0 cm³/mol. The third-order valence-corrected chi connectivity index (χ3v) is 6.25. The van der Waals surface area contributed by atoms with Gasteiger partial charge in [0.1, 0.15) is 0 Å². The first-order chi connectivity index (χ1) is 10.8. The van der Waals surface area contributed by atoms with E-state index in [-0.39, 0.29) is 0 Å². The zero-order valence-electron chi connectivity index (χ0n) is 14.4. The number of nitrogens with zero attached hydrogens (tertiary/aromatic N) is 2. The van der Waals surface area contributed by atoms with Crippen molar-refractivity contribution in [2.45, 2.75) is 63.2 Å². The van der Waals surface area contributed by atoms with Gasteiger partial charge in [-0.05, 0) is 64.3 Å². The second-order valence-corrected chi connectivity index (χ2v) is 8.01. The van der Waals surface area contributed by atoms with E-state index in [4.69, 9.17) is 0 Å².